The molecule has 3 heterocycles. The lowest BCUT2D eigenvalue weighted by Crippen LogP contribution is -2.47. The monoisotopic (exact) mass is 641 g/mol. The number of nitrogens with two attached hydrogens (primary N) is 1. The number of ether oxygens (including phenoxy) is 3. The smallest absolute Gasteiger partial charge is 0.407 e. The predicted octanol–water partition coefficient (Wildman–Crippen LogP) is 3.65. The molecule has 1 unspecified atom stereocenters. The molecule has 10 nitrogen and oxygen atoms in total. The molecule has 246 valence electrons. The molecule has 0 saturated carbocycles. The Morgan fingerprint density at radius 2 is 1.67 bits per heavy atom. The number of hydrogen-bond acceptors (Lipinski definition) is 8. The standard InChI is InChI=1S/C33H38F3N5O5/c34-23-5-1-21(2-6-23)30(22-3-7-24(35)8-4-22)31(37)32(42)41-29-17-39-16-28(36)27(29)10-9-25-14-38-15-26(46-25)19-45-33(43)40-13-20-11-12-44-18-20/h1-8,16-17,20,25-26,30-31,38H,9-15,18-19,37H2,(H,40,43)(H,41,42)/t20?,25-,26+,31+/m1/s1. The van der Waals surface area contributed by atoms with Crippen LogP contribution in [0.1, 0.15) is 35.4 Å². The summed E-state index contributed by atoms with van der Waals surface area (Å²) in [5.74, 6) is -2.60. The molecule has 0 aliphatic carbocycles. The highest BCUT2D eigenvalue weighted by molar-refractivity contribution is 5.96. The lowest BCUT2D eigenvalue weighted by Gasteiger charge is -2.31. The van der Waals surface area contributed by atoms with E-state index in [1.807, 2.05) is 0 Å². The van der Waals surface area contributed by atoms with Crippen molar-refractivity contribution in [2.24, 2.45) is 11.7 Å². The Kier molecular flexibility index (Phi) is 11.6. The molecule has 4 atom stereocenters. The van der Waals surface area contributed by atoms with Crippen molar-refractivity contribution in [3.63, 3.8) is 0 Å². The number of nitrogens with one attached hydrogen (secondary N) is 3. The Labute approximate surface area is 265 Å². The van der Waals surface area contributed by atoms with Crippen LogP contribution in [0.4, 0.5) is 23.7 Å². The van der Waals surface area contributed by atoms with E-state index in [-0.39, 0.29) is 42.4 Å². The second-order valence-electron chi connectivity index (χ2n) is 11.5. The minimum Gasteiger partial charge on any atom is -0.447 e. The predicted molar refractivity (Wildman–Crippen MR) is 164 cm³/mol. The van der Waals surface area contributed by atoms with Gasteiger partial charge in [0.25, 0.3) is 0 Å². The van der Waals surface area contributed by atoms with Crippen molar-refractivity contribution in [1.82, 2.24) is 15.6 Å². The molecule has 0 bridgehead atoms. The number of rotatable bonds is 12. The van der Waals surface area contributed by atoms with Gasteiger partial charge < -0.3 is 35.9 Å². The Bertz CT molecular complexity index is 1410. The molecule has 5 N–H and O–H groups in total. The third-order valence-corrected chi connectivity index (χ3v) is 8.19. The topological polar surface area (TPSA) is 137 Å². The second kappa shape index (κ2) is 16.0. The summed E-state index contributed by atoms with van der Waals surface area (Å²) < 4.78 is 59.1. The van der Waals surface area contributed by atoms with Crippen LogP contribution >= 0.6 is 0 Å². The van der Waals surface area contributed by atoms with Crippen LogP contribution < -0.4 is 21.7 Å². The highest BCUT2D eigenvalue weighted by Gasteiger charge is 2.30. The minimum atomic E-state index is -1.19. The van der Waals surface area contributed by atoms with Gasteiger partial charge in [0.15, 0.2) is 0 Å². The zero-order valence-corrected chi connectivity index (χ0v) is 25.2. The van der Waals surface area contributed by atoms with Gasteiger partial charge in [-0.1, -0.05) is 24.3 Å². The van der Waals surface area contributed by atoms with Crippen LogP contribution in [0.3, 0.4) is 0 Å². The SMILES string of the molecule is N[C@H](C(=O)Nc1cncc(F)c1CC[C@@H]1CNC[C@@H](COC(=O)NCC2CCOC2)O1)C(c1ccc(F)cc1)c1ccc(F)cc1. The van der Waals surface area contributed by atoms with Crippen LogP contribution in [0.2, 0.25) is 0 Å². The summed E-state index contributed by atoms with van der Waals surface area (Å²) in [5, 5.41) is 8.72. The number of anilines is 1. The first-order chi connectivity index (χ1) is 22.3. The number of aromatic nitrogens is 1. The maximum Gasteiger partial charge on any atom is 0.407 e. The maximum atomic E-state index is 15.0. The van der Waals surface area contributed by atoms with Gasteiger partial charge >= 0.3 is 6.09 Å². The number of alkyl carbamates (subject to hydrolysis) is 1. The molecule has 5 rings (SSSR count). The van der Waals surface area contributed by atoms with Crippen molar-refractivity contribution in [2.75, 3.05) is 44.8 Å². The van der Waals surface area contributed by atoms with Crippen molar-refractivity contribution in [3.8, 4) is 0 Å². The number of nitrogens with zero attached hydrogens (tertiary/aromatic N) is 1. The lowest BCUT2D eigenvalue weighted by molar-refractivity contribution is -0.117. The number of carbonyl (C=O) groups is 2. The van der Waals surface area contributed by atoms with Gasteiger partial charge in [-0.2, -0.15) is 0 Å². The average molecular weight is 642 g/mol. The zero-order chi connectivity index (χ0) is 32.5. The number of morpholine rings is 1. The van der Waals surface area contributed by atoms with Gasteiger partial charge in [-0.05, 0) is 54.7 Å². The third kappa shape index (κ3) is 9.03. The van der Waals surface area contributed by atoms with Gasteiger partial charge in [0.05, 0.1) is 36.8 Å². The van der Waals surface area contributed by atoms with E-state index in [1.54, 1.807) is 0 Å². The van der Waals surface area contributed by atoms with E-state index >= 15 is 4.39 Å². The Balaban J connectivity index is 1.19. The highest BCUT2D eigenvalue weighted by Crippen LogP contribution is 2.29. The Morgan fingerprint density at radius 3 is 2.33 bits per heavy atom. The first-order valence-corrected chi connectivity index (χ1v) is 15.3. The summed E-state index contributed by atoms with van der Waals surface area (Å²) >= 11 is 0. The molecule has 1 aromatic heterocycles. The maximum absolute atomic E-state index is 15.0. The number of halogens is 3. The van der Waals surface area contributed by atoms with Gasteiger partial charge in [0.1, 0.15) is 30.2 Å². The number of pyridine rings is 1. The fourth-order valence-electron chi connectivity index (χ4n) is 5.68. The van der Waals surface area contributed by atoms with E-state index < -0.39 is 41.4 Å². The molecule has 2 aliphatic rings. The molecule has 2 aliphatic heterocycles. The highest BCUT2D eigenvalue weighted by atomic mass is 19.1. The van der Waals surface area contributed by atoms with Crippen molar-refractivity contribution in [2.45, 2.75) is 43.4 Å². The van der Waals surface area contributed by atoms with Crippen LogP contribution in [-0.4, -0.2) is 74.7 Å². The first kappa shape index (κ1) is 33.3. The zero-order valence-electron chi connectivity index (χ0n) is 25.2. The molecule has 2 amide bonds. The quantitative estimate of drug-likeness (QED) is 0.235. The second-order valence-corrected chi connectivity index (χ2v) is 11.5. The summed E-state index contributed by atoms with van der Waals surface area (Å²) in [6, 6.07) is 9.89. The number of carbonyl (C=O) groups excluding carboxylic acids is 2. The molecule has 0 spiro atoms. The molecule has 3 aromatic rings. The number of hydrogen-bond donors (Lipinski definition) is 4. The summed E-state index contributed by atoms with van der Waals surface area (Å²) in [6.07, 6.45) is 2.73. The van der Waals surface area contributed by atoms with Crippen molar-refractivity contribution in [3.05, 3.63) is 95.1 Å². The third-order valence-electron chi connectivity index (χ3n) is 8.19. The summed E-state index contributed by atoms with van der Waals surface area (Å²) in [5.41, 5.74) is 7.94. The summed E-state index contributed by atoms with van der Waals surface area (Å²) in [4.78, 5) is 29.5. The molecule has 13 heteroatoms. The van der Waals surface area contributed by atoms with Gasteiger partial charge in [0.2, 0.25) is 5.91 Å². The van der Waals surface area contributed by atoms with Crippen LogP contribution in [0.25, 0.3) is 0 Å². The van der Waals surface area contributed by atoms with Crippen LogP contribution in [0, 0.1) is 23.4 Å². The van der Waals surface area contributed by atoms with Crippen LogP contribution in [0.15, 0.2) is 60.9 Å². The largest absolute Gasteiger partial charge is 0.447 e. The lowest BCUT2D eigenvalue weighted by atomic mass is 9.85. The van der Waals surface area contributed by atoms with Crippen molar-refractivity contribution >= 4 is 17.7 Å². The molecule has 46 heavy (non-hydrogen) atoms. The van der Waals surface area contributed by atoms with Gasteiger partial charge in [0, 0.05) is 43.6 Å². The van der Waals surface area contributed by atoms with E-state index in [2.05, 4.69) is 20.9 Å². The van der Waals surface area contributed by atoms with E-state index in [9.17, 15) is 18.4 Å². The van der Waals surface area contributed by atoms with Crippen LogP contribution in [0.5, 0.6) is 0 Å². The van der Waals surface area contributed by atoms with Gasteiger partial charge in [-0.25, -0.2) is 18.0 Å². The van der Waals surface area contributed by atoms with Crippen LogP contribution in [-0.2, 0) is 25.4 Å². The molecule has 2 saturated heterocycles. The fourth-order valence-corrected chi connectivity index (χ4v) is 5.68. The number of amides is 2. The van der Waals surface area contributed by atoms with Gasteiger partial charge in [-0.3, -0.25) is 9.78 Å². The first-order valence-electron chi connectivity index (χ1n) is 15.3. The summed E-state index contributed by atoms with van der Waals surface area (Å²) in [7, 11) is 0. The molecular formula is C33H38F3N5O5. The summed E-state index contributed by atoms with van der Waals surface area (Å²) in [6.45, 7) is 2.88. The normalized spacial score (nSPS) is 20.3. The molecule has 0 radical (unpaired) electrons. The Morgan fingerprint density at radius 1 is 1.00 bits per heavy atom. The fraction of sp³-hybridized carbons (Fsp3) is 0.424. The minimum absolute atomic E-state index is 0.0581. The molecular weight excluding hydrogens is 603 g/mol. The van der Waals surface area contributed by atoms with Gasteiger partial charge in [-0.15, -0.1) is 0 Å². The Hall–Kier alpha value is -4.04. The molecule has 2 aromatic carbocycles. The number of benzene rings is 2. The van der Waals surface area contributed by atoms with E-state index in [1.165, 1.54) is 54.7 Å². The average Bonchev–Trinajstić information content (AvgIpc) is 3.58. The van der Waals surface area contributed by atoms with Crippen molar-refractivity contribution < 1.29 is 37.0 Å². The van der Waals surface area contributed by atoms with E-state index in [0.29, 0.717) is 50.4 Å². The van der Waals surface area contributed by atoms with Crippen molar-refractivity contribution in [1.29, 1.82) is 0 Å². The van der Waals surface area contributed by atoms with E-state index in [4.69, 9.17) is 19.9 Å². The molecule has 2 fully saturated rings. The van der Waals surface area contributed by atoms with E-state index in [0.717, 1.165) is 12.6 Å².